The molecule has 0 aliphatic carbocycles. The van der Waals surface area contributed by atoms with Crippen LogP contribution in [0.3, 0.4) is 0 Å². The SMILES string of the molecule is CCn1nc(C(=O)NNC(=O)c2oc3c(Cl)cccc3c2C)c2ccccc2c1=O. The molecule has 0 spiro atoms. The summed E-state index contributed by atoms with van der Waals surface area (Å²) < 4.78 is 6.79. The van der Waals surface area contributed by atoms with Crippen LogP contribution in [0, 0.1) is 6.92 Å². The molecule has 30 heavy (non-hydrogen) atoms. The minimum atomic E-state index is -0.659. The van der Waals surface area contributed by atoms with E-state index in [-0.39, 0.29) is 17.0 Å². The molecule has 0 saturated heterocycles. The second-order valence-corrected chi connectivity index (χ2v) is 7.00. The Bertz CT molecular complexity index is 1370. The van der Waals surface area contributed by atoms with E-state index in [4.69, 9.17) is 16.0 Å². The van der Waals surface area contributed by atoms with Crippen LogP contribution < -0.4 is 16.4 Å². The Kier molecular flexibility index (Phi) is 5.01. The van der Waals surface area contributed by atoms with E-state index in [0.29, 0.717) is 38.9 Å². The van der Waals surface area contributed by atoms with Crippen molar-refractivity contribution in [1.29, 1.82) is 0 Å². The van der Waals surface area contributed by atoms with Crippen LogP contribution >= 0.6 is 11.6 Å². The number of benzene rings is 2. The van der Waals surface area contributed by atoms with Crippen molar-refractivity contribution >= 4 is 45.2 Å². The molecule has 0 fully saturated rings. The quantitative estimate of drug-likeness (QED) is 0.491. The lowest BCUT2D eigenvalue weighted by molar-refractivity contribution is 0.0829. The monoisotopic (exact) mass is 424 g/mol. The number of hydrogen-bond donors (Lipinski definition) is 2. The van der Waals surface area contributed by atoms with Crippen molar-refractivity contribution in [3.8, 4) is 0 Å². The Morgan fingerprint density at radius 1 is 1.03 bits per heavy atom. The lowest BCUT2D eigenvalue weighted by Crippen LogP contribution is -2.42. The maximum Gasteiger partial charge on any atom is 0.305 e. The molecule has 2 amide bonds. The average molecular weight is 425 g/mol. The fraction of sp³-hybridized carbons (Fsp3) is 0.143. The van der Waals surface area contributed by atoms with Crippen LogP contribution in [0.25, 0.3) is 21.7 Å². The smallest absolute Gasteiger partial charge is 0.305 e. The van der Waals surface area contributed by atoms with E-state index < -0.39 is 11.8 Å². The van der Waals surface area contributed by atoms with Gasteiger partial charge in [-0.2, -0.15) is 5.10 Å². The first-order valence-electron chi connectivity index (χ1n) is 9.20. The zero-order chi connectivity index (χ0) is 21.4. The normalized spacial score (nSPS) is 11.0. The number of para-hydroxylation sites is 1. The van der Waals surface area contributed by atoms with Crippen LogP contribution in [-0.2, 0) is 6.54 Å². The van der Waals surface area contributed by atoms with Gasteiger partial charge in [-0.15, -0.1) is 0 Å². The maximum atomic E-state index is 12.7. The minimum Gasteiger partial charge on any atom is -0.449 e. The summed E-state index contributed by atoms with van der Waals surface area (Å²) >= 11 is 6.12. The highest BCUT2D eigenvalue weighted by atomic mass is 35.5. The molecule has 0 bridgehead atoms. The summed E-state index contributed by atoms with van der Waals surface area (Å²) in [5.74, 6) is -1.26. The molecule has 0 saturated carbocycles. The Morgan fingerprint density at radius 2 is 1.70 bits per heavy atom. The van der Waals surface area contributed by atoms with Crippen molar-refractivity contribution in [3.63, 3.8) is 0 Å². The number of hydrazine groups is 1. The summed E-state index contributed by atoms with van der Waals surface area (Å²) in [6.45, 7) is 3.78. The second-order valence-electron chi connectivity index (χ2n) is 6.60. The first-order valence-corrected chi connectivity index (χ1v) is 9.58. The lowest BCUT2D eigenvalue weighted by Gasteiger charge is -2.10. The highest BCUT2D eigenvalue weighted by molar-refractivity contribution is 6.35. The predicted octanol–water partition coefficient (Wildman–Crippen LogP) is 3.20. The molecule has 2 heterocycles. The molecule has 0 atom stereocenters. The molecule has 4 rings (SSSR count). The number of furan rings is 1. The van der Waals surface area contributed by atoms with Crippen LogP contribution in [0.1, 0.15) is 33.5 Å². The van der Waals surface area contributed by atoms with Gasteiger partial charge in [-0.3, -0.25) is 25.2 Å². The van der Waals surface area contributed by atoms with Gasteiger partial charge in [0.1, 0.15) is 0 Å². The molecule has 0 aliphatic rings. The molecule has 8 nitrogen and oxygen atoms in total. The molecule has 152 valence electrons. The Labute approximate surface area is 175 Å². The van der Waals surface area contributed by atoms with Crippen molar-refractivity contribution in [2.45, 2.75) is 20.4 Å². The Hall–Kier alpha value is -3.65. The molecular formula is C21H17ClN4O4. The second kappa shape index (κ2) is 7.64. The van der Waals surface area contributed by atoms with Gasteiger partial charge < -0.3 is 4.42 Å². The van der Waals surface area contributed by atoms with Crippen molar-refractivity contribution in [2.24, 2.45) is 0 Å². The molecule has 0 unspecified atom stereocenters. The largest absolute Gasteiger partial charge is 0.449 e. The van der Waals surface area contributed by atoms with Crippen LogP contribution in [0.5, 0.6) is 0 Å². The van der Waals surface area contributed by atoms with Gasteiger partial charge in [0.15, 0.2) is 17.0 Å². The van der Waals surface area contributed by atoms with Gasteiger partial charge in [0.25, 0.3) is 11.5 Å². The van der Waals surface area contributed by atoms with Crippen molar-refractivity contribution in [2.75, 3.05) is 0 Å². The predicted molar refractivity (Wildman–Crippen MR) is 113 cm³/mol. The van der Waals surface area contributed by atoms with Gasteiger partial charge in [-0.1, -0.05) is 41.9 Å². The van der Waals surface area contributed by atoms with Gasteiger partial charge in [-0.05, 0) is 26.0 Å². The zero-order valence-corrected chi connectivity index (χ0v) is 16.9. The molecule has 2 aromatic carbocycles. The third-order valence-electron chi connectivity index (χ3n) is 4.79. The summed E-state index contributed by atoms with van der Waals surface area (Å²) in [5.41, 5.74) is 5.40. The molecule has 0 aliphatic heterocycles. The number of nitrogens with one attached hydrogen (secondary N) is 2. The molecule has 0 radical (unpaired) electrons. The zero-order valence-electron chi connectivity index (χ0n) is 16.2. The Balaban J connectivity index is 1.62. The van der Waals surface area contributed by atoms with E-state index in [1.54, 1.807) is 56.3 Å². The van der Waals surface area contributed by atoms with Crippen molar-refractivity contribution < 1.29 is 14.0 Å². The fourth-order valence-electron chi connectivity index (χ4n) is 3.27. The van der Waals surface area contributed by atoms with Crippen LogP contribution in [0.4, 0.5) is 0 Å². The van der Waals surface area contributed by atoms with Gasteiger partial charge in [-0.25, -0.2) is 4.68 Å². The summed E-state index contributed by atoms with van der Waals surface area (Å²) in [7, 11) is 0. The molecule has 2 N–H and O–H groups in total. The van der Waals surface area contributed by atoms with Gasteiger partial charge in [0, 0.05) is 22.9 Å². The number of fused-ring (bicyclic) bond motifs is 2. The number of hydrogen-bond acceptors (Lipinski definition) is 5. The summed E-state index contributed by atoms with van der Waals surface area (Å²) in [4.78, 5) is 37.7. The lowest BCUT2D eigenvalue weighted by atomic mass is 10.1. The number of halogens is 1. The first-order chi connectivity index (χ1) is 14.4. The third-order valence-corrected chi connectivity index (χ3v) is 5.09. The molecule has 2 aromatic heterocycles. The standard InChI is InChI=1S/C21H17ClN4O4/c1-3-26-21(29)14-8-5-4-7-13(14)16(25-26)19(27)23-24-20(28)17-11(2)12-9-6-10-15(22)18(12)30-17/h4-10H,3H2,1-2H3,(H,23,27)(H,24,28). The molecule has 9 heteroatoms. The van der Waals surface area contributed by atoms with E-state index >= 15 is 0 Å². The van der Waals surface area contributed by atoms with Gasteiger partial charge in [0.2, 0.25) is 0 Å². The van der Waals surface area contributed by atoms with E-state index in [9.17, 15) is 14.4 Å². The number of amides is 2. The van der Waals surface area contributed by atoms with Gasteiger partial charge in [0.05, 0.1) is 10.4 Å². The van der Waals surface area contributed by atoms with E-state index in [1.165, 1.54) is 4.68 Å². The van der Waals surface area contributed by atoms with Gasteiger partial charge >= 0.3 is 5.91 Å². The minimum absolute atomic E-state index is 0.0247. The number of aromatic nitrogens is 2. The average Bonchev–Trinajstić information content (AvgIpc) is 3.10. The molecule has 4 aromatic rings. The van der Waals surface area contributed by atoms with Crippen molar-refractivity contribution in [3.05, 3.63) is 74.9 Å². The van der Waals surface area contributed by atoms with E-state index in [2.05, 4.69) is 16.0 Å². The third kappa shape index (κ3) is 3.21. The van der Waals surface area contributed by atoms with Crippen LogP contribution in [0.15, 0.2) is 51.7 Å². The van der Waals surface area contributed by atoms with Crippen LogP contribution in [-0.4, -0.2) is 21.6 Å². The van der Waals surface area contributed by atoms with Crippen molar-refractivity contribution in [1.82, 2.24) is 20.6 Å². The fourth-order valence-corrected chi connectivity index (χ4v) is 3.49. The highest BCUT2D eigenvalue weighted by Crippen LogP contribution is 2.30. The van der Waals surface area contributed by atoms with E-state index in [1.807, 2.05) is 0 Å². The molecular weight excluding hydrogens is 408 g/mol. The van der Waals surface area contributed by atoms with Crippen LogP contribution in [0.2, 0.25) is 5.02 Å². The number of nitrogens with zero attached hydrogens (tertiary/aromatic N) is 2. The number of aryl methyl sites for hydroxylation is 2. The first kappa shape index (κ1) is 19.7. The number of carbonyl (C=O) groups is 2. The number of carbonyl (C=O) groups excluding carboxylic acids is 2. The maximum absolute atomic E-state index is 12.7. The van der Waals surface area contributed by atoms with E-state index in [0.717, 1.165) is 0 Å². The summed E-state index contributed by atoms with van der Waals surface area (Å²) in [5, 5.41) is 5.99. The topological polar surface area (TPSA) is 106 Å². The summed E-state index contributed by atoms with van der Waals surface area (Å²) in [6, 6.07) is 11.9. The number of rotatable bonds is 3. The highest BCUT2D eigenvalue weighted by Gasteiger charge is 2.21. The summed E-state index contributed by atoms with van der Waals surface area (Å²) in [6.07, 6.45) is 0. The Morgan fingerprint density at radius 3 is 2.40 bits per heavy atom.